The number of aromatic nitrogens is 3. The van der Waals surface area contributed by atoms with E-state index in [9.17, 15) is 9.18 Å². The van der Waals surface area contributed by atoms with E-state index in [0.29, 0.717) is 12.4 Å². The van der Waals surface area contributed by atoms with E-state index in [4.69, 9.17) is 4.52 Å². The Morgan fingerprint density at radius 2 is 2.29 bits per heavy atom. The van der Waals surface area contributed by atoms with Crippen LogP contribution in [0, 0.1) is 5.82 Å². The molecule has 0 saturated carbocycles. The quantitative estimate of drug-likeness (QED) is 0.849. The number of likely N-dealkylation sites (tertiary alicyclic amines) is 1. The van der Waals surface area contributed by atoms with Gasteiger partial charge in [-0.05, 0) is 18.9 Å². The monoisotopic (exact) mass is 290 g/mol. The van der Waals surface area contributed by atoms with Gasteiger partial charge in [0.1, 0.15) is 0 Å². The molecule has 1 unspecified atom stereocenters. The van der Waals surface area contributed by atoms with Gasteiger partial charge in [0.25, 0.3) is 5.91 Å². The molecule has 0 radical (unpaired) electrons. The molecule has 1 saturated heterocycles. The first-order chi connectivity index (χ1) is 10.3. The predicted octanol–water partition coefficient (Wildman–Crippen LogP) is 2.36. The molecular formula is C14H15FN4O2. The van der Waals surface area contributed by atoms with Crippen molar-refractivity contribution in [3.05, 3.63) is 42.1 Å². The number of hydrogen-bond acceptors (Lipinski definition) is 5. The standard InChI is InChI=1S/C14H15FN4O2/c15-11-8-16-6-5-10(11)14(20)19-7-3-1-2-4-12(19)13-17-9-21-18-13/h5-6,8-9,12H,1-4,7H2. The smallest absolute Gasteiger partial charge is 0.257 e. The second-order valence-electron chi connectivity index (χ2n) is 5.01. The summed E-state index contributed by atoms with van der Waals surface area (Å²) in [6.45, 7) is 0.555. The van der Waals surface area contributed by atoms with Crippen LogP contribution in [0.2, 0.25) is 0 Å². The zero-order valence-electron chi connectivity index (χ0n) is 11.4. The van der Waals surface area contributed by atoms with Crippen molar-refractivity contribution in [1.82, 2.24) is 20.0 Å². The summed E-state index contributed by atoms with van der Waals surface area (Å²) in [5, 5.41) is 3.84. The third kappa shape index (κ3) is 2.76. The molecule has 1 aliphatic heterocycles. The lowest BCUT2D eigenvalue weighted by molar-refractivity contribution is 0.0665. The average molecular weight is 290 g/mol. The zero-order chi connectivity index (χ0) is 14.7. The summed E-state index contributed by atoms with van der Waals surface area (Å²) in [5.41, 5.74) is 0.0281. The van der Waals surface area contributed by atoms with Gasteiger partial charge < -0.3 is 9.42 Å². The van der Waals surface area contributed by atoms with Crippen molar-refractivity contribution in [3.8, 4) is 0 Å². The van der Waals surface area contributed by atoms with E-state index < -0.39 is 5.82 Å². The Hall–Kier alpha value is -2.31. The molecule has 21 heavy (non-hydrogen) atoms. The molecule has 0 spiro atoms. The van der Waals surface area contributed by atoms with Crippen molar-refractivity contribution in [3.63, 3.8) is 0 Å². The molecule has 1 amide bonds. The van der Waals surface area contributed by atoms with E-state index in [1.807, 2.05) is 0 Å². The number of carbonyl (C=O) groups excluding carboxylic acids is 1. The molecule has 1 aliphatic rings. The maximum absolute atomic E-state index is 13.8. The highest BCUT2D eigenvalue weighted by Gasteiger charge is 2.31. The average Bonchev–Trinajstić information content (AvgIpc) is 2.91. The number of amides is 1. The topological polar surface area (TPSA) is 72.1 Å². The summed E-state index contributed by atoms with van der Waals surface area (Å²) in [7, 11) is 0. The van der Waals surface area contributed by atoms with E-state index in [2.05, 4.69) is 15.1 Å². The van der Waals surface area contributed by atoms with Crippen LogP contribution in [0.5, 0.6) is 0 Å². The van der Waals surface area contributed by atoms with Crippen molar-refractivity contribution in [2.24, 2.45) is 0 Å². The Kier molecular flexibility index (Phi) is 3.89. The minimum Gasteiger partial charge on any atom is -0.343 e. The van der Waals surface area contributed by atoms with Gasteiger partial charge in [0.15, 0.2) is 11.6 Å². The number of hydrogen-bond donors (Lipinski definition) is 0. The third-order valence-corrected chi connectivity index (χ3v) is 3.69. The van der Waals surface area contributed by atoms with Crippen LogP contribution < -0.4 is 0 Å². The van der Waals surface area contributed by atoms with Crippen LogP contribution in [0.4, 0.5) is 4.39 Å². The predicted molar refractivity (Wildman–Crippen MR) is 70.7 cm³/mol. The summed E-state index contributed by atoms with van der Waals surface area (Å²) < 4.78 is 18.6. The molecular weight excluding hydrogens is 275 g/mol. The molecule has 0 bridgehead atoms. The fourth-order valence-corrected chi connectivity index (χ4v) is 2.65. The lowest BCUT2D eigenvalue weighted by Crippen LogP contribution is -2.35. The molecule has 2 aromatic rings. The van der Waals surface area contributed by atoms with Crippen molar-refractivity contribution in [2.45, 2.75) is 31.7 Å². The highest BCUT2D eigenvalue weighted by atomic mass is 19.1. The van der Waals surface area contributed by atoms with Crippen molar-refractivity contribution in [1.29, 1.82) is 0 Å². The maximum Gasteiger partial charge on any atom is 0.257 e. The van der Waals surface area contributed by atoms with E-state index in [-0.39, 0.29) is 17.5 Å². The molecule has 1 atom stereocenters. The lowest BCUT2D eigenvalue weighted by atomic mass is 10.1. The first kappa shape index (κ1) is 13.7. The summed E-state index contributed by atoms with van der Waals surface area (Å²) in [4.78, 5) is 22.0. The van der Waals surface area contributed by atoms with Gasteiger partial charge in [-0.2, -0.15) is 4.98 Å². The van der Waals surface area contributed by atoms with Crippen molar-refractivity contribution >= 4 is 5.91 Å². The fourth-order valence-electron chi connectivity index (χ4n) is 2.65. The van der Waals surface area contributed by atoms with Crippen LogP contribution in [-0.2, 0) is 0 Å². The summed E-state index contributed by atoms with van der Waals surface area (Å²) in [5.74, 6) is -0.495. The van der Waals surface area contributed by atoms with Crippen LogP contribution in [0.3, 0.4) is 0 Å². The van der Waals surface area contributed by atoms with E-state index >= 15 is 0 Å². The second-order valence-corrected chi connectivity index (χ2v) is 5.01. The Labute approximate surface area is 121 Å². The van der Waals surface area contributed by atoms with E-state index in [0.717, 1.165) is 31.9 Å². The largest absolute Gasteiger partial charge is 0.343 e. The second kappa shape index (κ2) is 5.99. The number of rotatable bonds is 2. The Balaban J connectivity index is 1.93. The summed E-state index contributed by atoms with van der Waals surface area (Å²) in [6, 6.07) is 1.13. The normalized spacial score (nSPS) is 19.3. The minimum absolute atomic E-state index is 0.0281. The molecule has 7 heteroatoms. The van der Waals surface area contributed by atoms with Crippen molar-refractivity contribution < 1.29 is 13.7 Å². The van der Waals surface area contributed by atoms with E-state index in [1.54, 1.807) is 4.90 Å². The molecule has 110 valence electrons. The van der Waals surface area contributed by atoms with E-state index in [1.165, 1.54) is 18.7 Å². The van der Waals surface area contributed by atoms with Crippen molar-refractivity contribution in [2.75, 3.05) is 6.54 Å². The molecule has 1 fully saturated rings. The summed E-state index contributed by atoms with van der Waals surface area (Å²) in [6.07, 6.45) is 7.34. The number of halogens is 1. The molecule has 0 aliphatic carbocycles. The van der Waals surface area contributed by atoms with Crippen LogP contribution >= 0.6 is 0 Å². The highest BCUT2D eigenvalue weighted by Crippen LogP contribution is 2.29. The SMILES string of the molecule is O=C(c1ccncc1F)N1CCCCCC1c1ncon1. The zero-order valence-corrected chi connectivity index (χ0v) is 11.4. The Morgan fingerprint density at radius 3 is 3.05 bits per heavy atom. The van der Waals surface area contributed by atoms with Crippen LogP contribution in [0.15, 0.2) is 29.4 Å². The molecule has 6 nitrogen and oxygen atoms in total. The Bertz CT molecular complexity index is 617. The lowest BCUT2D eigenvalue weighted by Gasteiger charge is -2.27. The van der Waals surface area contributed by atoms with Crippen LogP contribution in [0.1, 0.15) is 47.9 Å². The molecule has 2 aromatic heterocycles. The molecule has 0 aromatic carbocycles. The number of carbonyl (C=O) groups is 1. The van der Waals surface area contributed by atoms with Gasteiger partial charge in [0, 0.05) is 12.7 Å². The van der Waals surface area contributed by atoms with Gasteiger partial charge in [-0.1, -0.05) is 18.0 Å². The maximum atomic E-state index is 13.8. The first-order valence-electron chi connectivity index (χ1n) is 6.94. The van der Waals surface area contributed by atoms with Gasteiger partial charge in [0.05, 0.1) is 17.8 Å². The molecule has 3 heterocycles. The third-order valence-electron chi connectivity index (χ3n) is 3.69. The van der Waals surface area contributed by atoms with Gasteiger partial charge in [-0.15, -0.1) is 0 Å². The highest BCUT2D eigenvalue weighted by molar-refractivity contribution is 5.94. The van der Waals surface area contributed by atoms with Crippen LogP contribution in [-0.4, -0.2) is 32.5 Å². The molecule has 0 N–H and O–H groups in total. The van der Waals surface area contributed by atoms with Gasteiger partial charge in [-0.25, -0.2) is 4.39 Å². The van der Waals surface area contributed by atoms with Crippen LogP contribution in [0.25, 0.3) is 0 Å². The number of nitrogens with zero attached hydrogens (tertiary/aromatic N) is 4. The Morgan fingerprint density at radius 1 is 1.38 bits per heavy atom. The summed E-state index contributed by atoms with van der Waals surface area (Å²) >= 11 is 0. The van der Waals surface area contributed by atoms with Gasteiger partial charge in [0.2, 0.25) is 6.39 Å². The van der Waals surface area contributed by atoms with Gasteiger partial charge in [-0.3, -0.25) is 9.78 Å². The number of pyridine rings is 1. The first-order valence-corrected chi connectivity index (χ1v) is 6.94. The fraction of sp³-hybridized carbons (Fsp3) is 0.429. The molecule has 3 rings (SSSR count). The minimum atomic E-state index is -0.612. The van der Waals surface area contributed by atoms with Gasteiger partial charge >= 0.3 is 0 Å².